The van der Waals surface area contributed by atoms with E-state index in [0.29, 0.717) is 12.2 Å². The molecule has 0 amide bonds. The van der Waals surface area contributed by atoms with E-state index >= 15 is 0 Å². The third-order valence-corrected chi connectivity index (χ3v) is 3.52. The van der Waals surface area contributed by atoms with Crippen molar-refractivity contribution in [1.82, 2.24) is 0 Å². The number of rotatable bonds is 7. The molecule has 2 aromatic carbocycles. The van der Waals surface area contributed by atoms with Gasteiger partial charge in [-0.05, 0) is 30.5 Å². The number of ketones is 1. The first-order chi connectivity index (χ1) is 9.75. The fourth-order valence-electron chi connectivity index (χ4n) is 1.91. The maximum atomic E-state index is 11.8. The minimum Gasteiger partial charge on any atom is -0.373 e. The zero-order valence-corrected chi connectivity index (χ0v) is 12.8. The van der Waals surface area contributed by atoms with E-state index in [9.17, 15) is 4.79 Å². The topological polar surface area (TPSA) is 26.3 Å². The van der Waals surface area contributed by atoms with Crippen molar-refractivity contribution in [2.24, 2.45) is 0 Å². The molecule has 20 heavy (non-hydrogen) atoms. The minimum atomic E-state index is 0.0252. The molecule has 2 aromatic rings. The van der Waals surface area contributed by atoms with Gasteiger partial charge in [-0.3, -0.25) is 4.79 Å². The third-order valence-electron chi connectivity index (χ3n) is 3.00. The molecule has 0 aliphatic rings. The number of aryl methyl sites for hydroxylation is 1. The zero-order chi connectivity index (χ0) is 14.2. The number of benzene rings is 2. The Morgan fingerprint density at radius 2 is 1.70 bits per heavy atom. The molecule has 0 unspecified atom stereocenters. The van der Waals surface area contributed by atoms with Crippen LogP contribution in [0.2, 0.25) is 0 Å². The van der Waals surface area contributed by atoms with E-state index in [2.05, 4.69) is 28.1 Å². The Labute approximate surface area is 127 Å². The van der Waals surface area contributed by atoms with E-state index in [1.807, 2.05) is 30.3 Å². The van der Waals surface area contributed by atoms with Gasteiger partial charge in [0.2, 0.25) is 0 Å². The van der Waals surface area contributed by atoms with Gasteiger partial charge < -0.3 is 4.74 Å². The number of ether oxygens (including phenoxy) is 1. The van der Waals surface area contributed by atoms with Crippen LogP contribution in [-0.2, 0) is 11.2 Å². The van der Waals surface area contributed by atoms with Gasteiger partial charge in [0.15, 0.2) is 5.78 Å². The Bertz CT molecular complexity index is 535. The van der Waals surface area contributed by atoms with Crippen LogP contribution < -0.4 is 0 Å². The lowest BCUT2D eigenvalue weighted by molar-refractivity contribution is 0.0756. The van der Waals surface area contributed by atoms with Crippen LogP contribution in [0.3, 0.4) is 0 Å². The highest BCUT2D eigenvalue weighted by molar-refractivity contribution is 9.10. The molecule has 0 radical (unpaired) electrons. The first-order valence-corrected chi connectivity index (χ1v) is 7.45. The normalized spacial score (nSPS) is 10.4. The molecule has 0 saturated carbocycles. The fourth-order valence-corrected chi connectivity index (χ4v) is 2.17. The average Bonchev–Trinajstić information content (AvgIpc) is 2.48. The Morgan fingerprint density at radius 1 is 1.00 bits per heavy atom. The van der Waals surface area contributed by atoms with Gasteiger partial charge in [-0.25, -0.2) is 0 Å². The number of hydrogen-bond donors (Lipinski definition) is 0. The van der Waals surface area contributed by atoms with Gasteiger partial charge in [0.1, 0.15) is 6.61 Å². The summed E-state index contributed by atoms with van der Waals surface area (Å²) in [4.78, 5) is 11.8. The van der Waals surface area contributed by atoms with E-state index in [1.165, 1.54) is 5.56 Å². The zero-order valence-electron chi connectivity index (χ0n) is 11.2. The first-order valence-electron chi connectivity index (χ1n) is 6.66. The van der Waals surface area contributed by atoms with Gasteiger partial charge in [0.25, 0.3) is 0 Å². The van der Waals surface area contributed by atoms with Gasteiger partial charge >= 0.3 is 0 Å². The van der Waals surface area contributed by atoms with Gasteiger partial charge in [-0.1, -0.05) is 58.4 Å². The molecule has 0 N–H and O–H groups in total. The van der Waals surface area contributed by atoms with Crippen LogP contribution in [0.5, 0.6) is 0 Å². The van der Waals surface area contributed by atoms with Gasteiger partial charge in [0.05, 0.1) is 0 Å². The highest BCUT2D eigenvalue weighted by Crippen LogP contribution is 2.11. The molecule has 0 spiro atoms. The molecule has 0 atom stereocenters. The number of carbonyl (C=O) groups excluding carboxylic acids is 1. The van der Waals surface area contributed by atoms with Crippen molar-refractivity contribution in [2.75, 3.05) is 13.2 Å². The SMILES string of the molecule is O=C(COCCCc1ccccc1)c1ccc(Br)cc1. The lowest BCUT2D eigenvalue weighted by Gasteiger charge is -2.04. The summed E-state index contributed by atoms with van der Waals surface area (Å²) < 4.78 is 6.41. The standard InChI is InChI=1S/C17H17BrO2/c18-16-10-8-15(9-11-16)17(19)13-20-12-4-7-14-5-2-1-3-6-14/h1-3,5-6,8-11H,4,7,12-13H2. The molecule has 0 heterocycles. The summed E-state index contributed by atoms with van der Waals surface area (Å²) >= 11 is 3.35. The van der Waals surface area contributed by atoms with E-state index in [4.69, 9.17) is 4.74 Å². The van der Waals surface area contributed by atoms with E-state index in [0.717, 1.165) is 17.3 Å². The van der Waals surface area contributed by atoms with Gasteiger partial charge in [-0.2, -0.15) is 0 Å². The van der Waals surface area contributed by atoms with Crippen molar-refractivity contribution < 1.29 is 9.53 Å². The van der Waals surface area contributed by atoms with E-state index < -0.39 is 0 Å². The third kappa shape index (κ3) is 4.91. The molecular weight excluding hydrogens is 316 g/mol. The van der Waals surface area contributed by atoms with Crippen molar-refractivity contribution in [3.05, 3.63) is 70.2 Å². The lowest BCUT2D eigenvalue weighted by atomic mass is 10.1. The highest BCUT2D eigenvalue weighted by Gasteiger charge is 2.05. The minimum absolute atomic E-state index is 0.0252. The fraction of sp³-hybridized carbons (Fsp3) is 0.235. The van der Waals surface area contributed by atoms with Crippen LogP contribution in [0.15, 0.2) is 59.1 Å². The van der Waals surface area contributed by atoms with Crippen molar-refractivity contribution in [2.45, 2.75) is 12.8 Å². The molecule has 0 aliphatic heterocycles. The Kier molecular flexibility index (Phi) is 5.96. The smallest absolute Gasteiger partial charge is 0.188 e. The Morgan fingerprint density at radius 3 is 2.40 bits per heavy atom. The number of halogens is 1. The maximum Gasteiger partial charge on any atom is 0.188 e. The van der Waals surface area contributed by atoms with Crippen LogP contribution >= 0.6 is 15.9 Å². The predicted molar refractivity (Wildman–Crippen MR) is 84.1 cm³/mol. The monoisotopic (exact) mass is 332 g/mol. The van der Waals surface area contributed by atoms with Crippen LogP contribution in [0.1, 0.15) is 22.3 Å². The average molecular weight is 333 g/mol. The molecule has 0 saturated heterocycles. The maximum absolute atomic E-state index is 11.8. The van der Waals surface area contributed by atoms with Crippen LogP contribution in [0, 0.1) is 0 Å². The molecule has 104 valence electrons. The van der Waals surface area contributed by atoms with Gasteiger partial charge in [-0.15, -0.1) is 0 Å². The molecule has 3 heteroatoms. The second kappa shape index (κ2) is 7.98. The van der Waals surface area contributed by atoms with Crippen molar-refractivity contribution in [1.29, 1.82) is 0 Å². The lowest BCUT2D eigenvalue weighted by Crippen LogP contribution is -2.10. The molecule has 0 bridgehead atoms. The van der Waals surface area contributed by atoms with E-state index in [-0.39, 0.29) is 12.4 Å². The van der Waals surface area contributed by atoms with Crippen molar-refractivity contribution >= 4 is 21.7 Å². The van der Waals surface area contributed by atoms with Crippen LogP contribution in [0.4, 0.5) is 0 Å². The van der Waals surface area contributed by atoms with E-state index in [1.54, 1.807) is 12.1 Å². The van der Waals surface area contributed by atoms with Crippen LogP contribution in [0.25, 0.3) is 0 Å². The summed E-state index contributed by atoms with van der Waals surface area (Å²) in [5, 5.41) is 0. The molecular formula is C17H17BrO2. The summed E-state index contributed by atoms with van der Waals surface area (Å²) in [6, 6.07) is 17.6. The quantitative estimate of drug-likeness (QED) is 0.558. The number of Topliss-reactive ketones (excluding diaryl/α,β-unsaturated/α-hetero) is 1. The predicted octanol–water partition coefficient (Wildman–Crippen LogP) is 4.28. The largest absolute Gasteiger partial charge is 0.373 e. The van der Waals surface area contributed by atoms with Crippen LogP contribution in [-0.4, -0.2) is 19.0 Å². The molecule has 2 rings (SSSR count). The summed E-state index contributed by atoms with van der Waals surface area (Å²) in [5.74, 6) is 0.0252. The van der Waals surface area contributed by atoms with Crippen molar-refractivity contribution in [3.8, 4) is 0 Å². The molecule has 0 aromatic heterocycles. The molecule has 0 aliphatic carbocycles. The second-order valence-electron chi connectivity index (χ2n) is 4.57. The number of carbonyl (C=O) groups is 1. The Hall–Kier alpha value is -1.45. The summed E-state index contributed by atoms with van der Waals surface area (Å²) in [7, 11) is 0. The highest BCUT2D eigenvalue weighted by atomic mass is 79.9. The summed E-state index contributed by atoms with van der Waals surface area (Å²) in [6.45, 7) is 0.758. The first kappa shape index (κ1) is 14.9. The molecule has 2 nitrogen and oxygen atoms in total. The van der Waals surface area contributed by atoms with Crippen molar-refractivity contribution in [3.63, 3.8) is 0 Å². The van der Waals surface area contributed by atoms with Gasteiger partial charge in [0, 0.05) is 16.6 Å². The molecule has 0 fully saturated rings. The number of hydrogen-bond acceptors (Lipinski definition) is 2. The Balaban J connectivity index is 1.66. The second-order valence-corrected chi connectivity index (χ2v) is 5.49. The summed E-state index contributed by atoms with van der Waals surface area (Å²) in [5.41, 5.74) is 1.99. The summed E-state index contributed by atoms with van der Waals surface area (Å²) in [6.07, 6.45) is 1.91.